The van der Waals surface area contributed by atoms with E-state index < -0.39 is 6.04 Å². The van der Waals surface area contributed by atoms with Crippen molar-refractivity contribution in [3.8, 4) is 0 Å². The van der Waals surface area contributed by atoms with Gasteiger partial charge in [-0.3, -0.25) is 4.79 Å². The lowest BCUT2D eigenvalue weighted by Gasteiger charge is -2.08. The molecule has 5 nitrogen and oxygen atoms in total. The molecule has 1 aromatic heterocycles. The minimum absolute atomic E-state index is 0.219. The van der Waals surface area contributed by atoms with Gasteiger partial charge in [0, 0.05) is 12.0 Å². The number of anilines is 1. The van der Waals surface area contributed by atoms with Crippen molar-refractivity contribution in [2.45, 2.75) is 38.1 Å². The minimum Gasteiger partial charge on any atom is -0.383 e. The zero-order valence-corrected chi connectivity index (χ0v) is 11.4. The highest BCUT2D eigenvalue weighted by Gasteiger charge is 2.18. The highest BCUT2D eigenvalue weighted by molar-refractivity contribution is 7.15. The van der Waals surface area contributed by atoms with Crippen LogP contribution in [0.4, 0.5) is 5.13 Å². The van der Waals surface area contributed by atoms with E-state index in [-0.39, 0.29) is 12.5 Å². The second-order valence-electron chi connectivity index (χ2n) is 4.50. The molecule has 1 aromatic rings. The minimum atomic E-state index is -0.640. The highest BCUT2D eigenvalue weighted by atomic mass is 32.1. The molecular weight excluding hydrogens is 250 g/mol. The molecule has 2 rings (SSSR count). The van der Waals surface area contributed by atoms with Crippen molar-refractivity contribution < 1.29 is 9.53 Å². The first-order valence-electron chi connectivity index (χ1n) is 6.24. The van der Waals surface area contributed by atoms with Crippen LogP contribution in [0.5, 0.6) is 0 Å². The molecule has 0 spiro atoms. The molecule has 6 heteroatoms. The van der Waals surface area contributed by atoms with Crippen LogP contribution in [0.3, 0.4) is 0 Å². The molecule has 0 radical (unpaired) electrons. The first-order valence-corrected chi connectivity index (χ1v) is 7.06. The number of thiazole rings is 1. The fourth-order valence-electron chi connectivity index (χ4n) is 2.04. The number of amides is 1. The second-order valence-corrected chi connectivity index (χ2v) is 5.58. The number of nitrogens with two attached hydrogens (primary N) is 1. The Morgan fingerprint density at radius 2 is 2.28 bits per heavy atom. The van der Waals surface area contributed by atoms with E-state index in [1.165, 1.54) is 31.2 Å². The van der Waals surface area contributed by atoms with E-state index in [0.717, 1.165) is 18.5 Å². The summed E-state index contributed by atoms with van der Waals surface area (Å²) < 4.78 is 4.86. The van der Waals surface area contributed by atoms with Crippen molar-refractivity contribution in [2.24, 2.45) is 5.73 Å². The summed E-state index contributed by atoms with van der Waals surface area (Å²) in [5.74, 6) is -0.235. The van der Waals surface area contributed by atoms with Gasteiger partial charge in [0.1, 0.15) is 6.04 Å². The van der Waals surface area contributed by atoms with Gasteiger partial charge < -0.3 is 15.8 Å². The standard InChI is InChI=1S/C12H19N3O2S/c1-17-7-8(13)11(16)15-12-14-9-5-3-2-4-6-10(9)18-12/h8H,2-7,13H2,1H3,(H,14,15,16). The van der Waals surface area contributed by atoms with Crippen molar-refractivity contribution in [3.63, 3.8) is 0 Å². The quantitative estimate of drug-likeness (QED) is 0.808. The lowest BCUT2D eigenvalue weighted by molar-refractivity contribution is -0.118. The van der Waals surface area contributed by atoms with E-state index in [0.29, 0.717) is 5.13 Å². The Hall–Kier alpha value is -0.980. The number of ether oxygens (including phenoxy) is 1. The fraction of sp³-hybridized carbons (Fsp3) is 0.667. The number of aryl methyl sites for hydroxylation is 2. The summed E-state index contributed by atoms with van der Waals surface area (Å²) in [7, 11) is 1.53. The first-order chi connectivity index (χ1) is 8.70. The summed E-state index contributed by atoms with van der Waals surface area (Å²) in [6.07, 6.45) is 5.77. The lowest BCUT2D eigenvalue weighted by atomic mass is 10.2. The lowest BCUT2D eigenvalue weighted by Crippen LogP contribution is -2.39. The maximum Gasteiger partial charge on any atom is 0.245 e. The summed E-state index contributed by atoms with van der Waals surface area (Å²) in [4.78, 5) is 17.5. The topological polar surface area (TPSA) is 77.2 Å². The molecule has 1 atom stereocenters. The Morgan fingerprint density at radius 1 is 1.50 bits per heavy atom. The number of carbonyl (C=O) groups is 1. The summed E-state index contributed by atoms with van der Waals surface area (Å²) in [6, 6.07) is -0.640. The van der Waals surface area contributed by atoms with Crippen LogP contribution >= 0.6 is 11.3 Å². The molecule has 1 unspecified atom stereocenters. The predicted octanol–water partition coefficient (Wildman–Crippen LogP) is 1.32. The SMILES string of the molecule is COCC(N)C(=O)Nc1nc2c(s1)CCCCC2. The third kappa shape index (κ3) is 3.28. The maximum absolute atomic E-state index is 11.7. The number of methoxy groups -OCH3 is 1. The third-order valence-corrected chi connectivity index (χ3v) is 4.08. The average molecular weight is 269 g/mol. The van der Waals surface area contributed by atoms with Crippen LogP contribution < -0.4 is 11.1 Å². The molecule has 0 aliphatic heterocycles. The van der Waals surface area contributed by atoms with Gasteiger partial charge >= 0.3 is 0 Å². The molecule has 100 valence electrons. The Morgan fingerprint density at radius 3 is 3.06 bits per heavy atom. The first kappa shape index (κ1) is 13.5. The van der Waals surface area contributed by atoms with Gasteiger partial charge in [-0.2, -0.15) is 0 Å². The van der Waals surface area contributed by atoms with Crippen LogP contribution in [-0.4, -0.2) is 30.6 Å². The van der Waals surface area contributed by atoms with E-state index in [4.69, 9.17) is 10.5 Å². The van der Waals surface area contributed by atoms with Gasteiger partial charge in [-0.05, 0) is 25.7 Å². The highest BCUT2D eigenvalue weighted by Crippen LogP contribution is 2.28. The number of hydrogen-bond acceptors (Lipinski definition) is 5. The Labute approximate surface area is 111 Å². The van der Waals surface area contributed by atoms with Crippen LogP contribution in [0, 0.1) is 0 Å². The van der Waals surface area contributed by atoms with E-state index in [2.05, 4.69) is 10.3 Å². The maximum atomic E-state index is 11.7. The molecule has 1 aliphatic rings. The number of rotatable bonds is 4. The number of hydrogen-bond donors (Lipinski definition) is 2. The van der Waals surface area contributed by atoms with Gasteiger partial charge in [-0.15, -0.1) is 11.3 Å². The van der Waals surface area contributed by atoms with Crippen LogP contribution in [0.15, 0.2) is 0 Å². The van der Waals surface area contributed by atoms with Crippen molar-refractivity contribution in [2.75, 3.05) is 19.0 Å². The van der Waals surface area contributed by atoms with Gasteiger partial charge in [0.2, 0.25) is 5.91 Å². The average Bonchev–Trinajstić information content (AvgIpc) is 2.59. The van der Waals surface area contributed by atoms with Gasteiger partial charge in [0.25, 0.3) is 0 Å². The largest absolute Gasteiger partial charge is 0.383 e. The monoisotopic (exact) mass is 269 g/mol. The van der Waals surface area contributed by atoms with Crippen LogP contribution in [-0.2, 0) is 22.4 Å². The van der Waals surface area contributed by atoms with E-state index >= 15 is 0 Å². The van der Waals surface area contributed by atoms with Gasteiger partial charge in [-0.25, -0.2) is 4.98 Å². The molecule has 0 aromatic carbocycles. The van der Waals surface area contributed by atoms with Crippen molar-refractivity contribution in [1.82, 2.24) is 4.98 Å². The third-order valence-electron chi connectivity index (χ3n) is 3.01. The summed E-state index contributed by atoms with van der Waals surface area (Å²) >= 11 is 1.57. The summed E-state index contributed by atoms with van der Waals surface area (Å²) in [5, 5.41) is 3.43. The van der Waals surface area contributed by atoms with Gasteiger partial charge in [0.15, 0.2) is 5.13 Å². The number of fused-ring (bicyclic) bond motifs is 1. The van der Waals surface area contributed by atoms with Crippen LogP contribution in [0.25, 0.3) is 0 Å². The molecule has 1 aliphatic carbocycles. The van der Waals surface area contributed by atoms with Gasteiger partial charge in [-0.1, -0.05) is 6.42 Å². The molecule has 1 amide bonds. The number of nitrogens with one attached hydrogen (secondary N) is 1. The number of carbonyl (C=O) groups excluding carboxylic acids is 1. The van der Waals surface area contributed by atoms with Crippen LogP contribution in [0.2, 0.25) is 0 Å². The second kappa shape index (κ2) is 6.26. The molecule has 0 bridgehead atoms. The van der Waals surface area contributed by atoms with E-state index in [1.54, 1.807) is 11.3 Å². The van der Waals surface area contributed by atoms with Crippen molar-refractivity contribution in [3.05, 3.63) is 10.6 Å². The molecule has 3 N–H and O–H groups in total. The fourth-order valence-corrected chi connectivity index (χ4v) is 3.09. The molecule has 18 heavy (non-hydrogen) atoms. The summed E-state index contributed by atoms with van der Waals surface area (Å²) in [6.45, 7) is 0.219. The summed E-state index contributed by atoms with van der Waals surface area (Å²) in [5.41, 5.74) is 6.81. The molecular formula is C12H19N3O2S. The molecule has 0 fully saturated rings. The molecule has 1 heterocycles. The van der Waals surface area contributed by atoms with Crippen LogP contribution in [0.1, 0.15) is 29.8 Å². The number of aromatic nitrogens is 1. The zero-order valence-electron chi connectivity index (χ0n) is 10.6. The smallest absolute Gasteiger partial charge is 0.245 e. The molecule has 0 saturated heterocycles. The van der Waals surface area contributed by atoms with Crippen molar-refractivity contribution >= 4 is 22.4 Å². The van der Waals surface area contributed by atoms with Crippen molar-refractivity contribution in [1.29, 1.82) is 0 Å². The van der Waals surface area contributed by atoms with E-state index in [9.17, 15) is 4.79 Å². The zero-order chi connectivity index (χ0) is 13.0. The number of nitrogens with zero attached hydrogens (tertiary/aromatic N) is 1. The normalized spacial score (nSPS) is 16.8. The Balaban J connectivity index is 2.00. The Kier molecular flexibility index (Phi) is 4.68. The molecule has 0 saturated carbocycles. The predicted molar refractivity (Wildman–Crippen MR) is 71.9 cm³/mol. The van der Waals surface area contributed by atoms with E-state index in [1.807, 2.05) is 0 Å². The van der Waals surface area contributed by atoms with Gasteiger partial charge in [0.05, 0.1) is 12.3 Å². The Bertz CT molecular complexity index is 396.